The van der Waals surface area contributed by atoms with E-state index in [1.807, 2.05) is 24.3 Å². The number of hydrogen-bond acceptors (Lipinski definition) is 6. The molecule has 1 amide bonds. The Balaban J connectivity index is 1.31. The fourth-order valence-corrected chi connectivity index (χ4v) is 4.65. The van der Waals surface area contributed by atoms with Crippen molar-refractivity contribution in [2.45, 2.75) is 63.9 Å². The summed E-state index contributed by atoms with van der Waals surface area (Å²) in [6, 6.07) is 11.9. The summed E-state index contributed by atoms with van der Waals surface area (Å²) in [7, 11) is 0. The van der Waals surface area contributed by atoms with Crippen LogP contribution in [0.3, 0.4) is 0 Å². The molecule has 4 rings (SSSR count). The molecule has 0 saturated heterocycles. The number of aliphatic hydroxyl groups excluding tert-OH is 1. The number of aromatic nitrogens is 1. The van der Waals surface area contributed by atoms with E-state index in [1.165, 1.54) is 44.2 Å². The number of oxazole rings is 1. The number of carbonyl (C=O) groups excluding carboxylic acids is 1. The van der Waals surface area contributed by atoms with Crippen LogP contribution in [-0.4, -0.2) is 33.6 Å². The third-order valence-electron chi connectivity index (χ3n) is 6.62. The molecule has 2 aromatic carbocycles. The lowest BCUT2D eigenvalue weighted by molar-refractivity contribution is -0.384. The molecule has 1 aromatic heterocycles. The molecule has 2 N–H and O–H groups in total. The molecule has 0 aliphatic heterocycles. The monoisotopic (exact) mass is 465 g/mol. The maximum Gasteiger partial charge on any atom is 0.271 e. The van der Waals surface area contributed by atoms with E-state index in [2.05, 4.69) is 10.3 Å². The van der Waals surface area contributed by atoms with Crippen molar-refractivity contribution in [2.75, 3.05) is 6.54 Å². The second kappa shape index (κ2) is 11.2. The average Bonchev–Trinajstić information content (AvgIpc) is 3.29. The predicted octanol–water partition coefficient (Wildman–Crippen LogP) is 5.17. The van der Waals surface area contributed by atoms with Gasteiger partial charge in [-0.05, 0) is 42.9 Å². The molecule has 0 bridgehead atoms. The zero-order chi connectivity index (χ0) is 23.9. The zero-order valence-electron chi connectivity index (χ0n) is 19.2. The number of aliphatic hydroxyl groups is 1. The Morgan fingerprint density at radius 2 is 2.00 bits per heavy atom. The highest BCUT2D eigenvalue weighted by molar-refractivity contribution is 5.79. The summed E-state index contributed by atoms with van der Waals surface area (Å²) in [5.41, 5.74) is 2.60. The largest absolute Gasteiger partial charge is 0.436 e. The van der Waals surface area contributed by atoms with Gasteiger partial charge in [-0.15, -0.1) is 0 Å². The number of nitro groups is 1. The van der Waals surface area contributed by atoms with Gasteiger partial charge < -0.3 is 14.8 Å². The molecule has 0 radical (unpaired) electrons. The van der Waals surface area contributed by atoms with Crippen LogP contribution in [0.1, 0.15) is 56.9 Å². The minimum Gasteiger partial charge on any atom is -0.436 e. The fraction of sp³-hybridized carbons (Fsp3) is 0.462. The summed E-state index contributed by atoms with van der Waals surface area (Å²) in [5.74, 6) is 1.06. The third kappa shape index (κ3) is 6.20. The standard InChI is InChI=1S/C26H31N3O5/c30-21(17-27-25(31)15-10-18-6-2-1-3-7-18)13-11-19-8-4-5-9-22(19)26-28-23-16-20(29(32)33)12-14-24(23)34-26/h4-5,8-9,12,14,16,18,21,30H,1-3,6-7,10-11,13,15,17H2,(H,27,31). The smallest absolute Gasteiger partial charge is 0.271 e. The van der Waals surface area contributed by atoms with Crippen LogP contribution >= 0.6 is 0 Å². The van der Waals surface area contributed by atoms with Crippen molar-refractivity contribution >= 4 is 22.7 Å². The normalized spacial score (nSPS) is 15.3. The van der Waals surface area contributed by atoms with Crippen LogP contribution in [0.4, 0.5) is 5.69 Å². The van der Waals surface area contributed by atoms with Crippen molar-refractivity contribution in [1.29, 1.82) is 0 Å². The lowest BCUT2D eigenvalue weighted by Crippen LogP contribution is -2.32. The molecule has 0 spiro atoms. The summed E-state index contributed by atoms with van der Waals surface area (Å²) < 4.78 is 5.84. The second-order valence-corrected chi connectivity index (χ2v) is 9.12. The molecule has 3 aromatic rings. The third-order valence-corrected chi connectivity index (χ3v) is 6.62. The highest BCUT2D eigenvalue weighted by Gasteiger charge is 2.17. The van der Waals surface area contributed by atoms with Gasteiger partial charge in [-0.1, -0.05) is 50.3 Å². The summed E-state index contributed by atoms with van der Waals surface area (Å²) in [6.07, 6.45) is 8.17. The minimum absolute atomic E-state index is 0.00518. The van der Waals surface area contributed by atoms with Gasteiger partial charge in [0.1, 0.15) is 5.52 Å². The maximum absolute atomic E-state index is 12.2. The number of fused-ring (bicyclic) bond motifs is 1. The van der Waals surface area contributed by atoms with Gasteiger partial charge in [0.2, 0.25) is 11.8 Å². The van der Waals surface area contributed by atoms with E-state index in [4.69, 9.17) is 4.42 Å². The first-order chi connectivity index (χ1) is 16.5. The lowest BCUT2D eigenvalue weighted by Gasteiger charge is -2.21. The molecule has 180 valence electrons. The van der Waals surface area contributed by atoms with Crippen LogP contribution in [0.25, 0.3) is 22.6 Å². The van der Waals surface area contributed by atoms with Crippen LogP contribution in [-0.2, 0) is 11.2 Å². The lowest BCUT2D eigenvalue weighted by atomic mass is 9.86. The molecular formula is C26H31N3O5. The fourth-order valence-electron chi connectivity index (χ4n) is 4.65. The first-order valence-corrected chi connectivity index (χ1v) is 12.1. The Morgan fingerprint density at radius 1 is 1.21 bits per heavy atom. The van der Waals surface area contributed by atoms with Crippen molar-refractivity contribution in [3.05, 3.63) is 58.1 Å². The number of nitrogens with one attached hydrogen (secondary N) is 1. The highest BCUT2D eigenvalue weighted by atomic mass is 16.6. The van der Waals surface area contributed by atoms with Crippen molar-refractivity contribution < 1.29 is 19.2 Å². The summed E-state index contributed by atoms with van der Waals surface area (Å²) >= 11 is 0. The first kappa shape index (κ1) is 23.9. The maximum atomic E-state index is 12.2. The van der Waals surface area contributed by atoms with E-state index in [1.54, 1.807) is 6.07 Å². The average molecular weight is 466 g/mol. The molecule has 1 aliphatic rings. The molecule has 34 heavy (non-hydrogen) atoms. The Hall–Kier alpha value is -3.26. The molecular weight excluding hydrogens is 434 g/mol. The number of rotatable bonds is 10. The van der Waals surface area contributed by atoms with Crippen LogP contribution < -0.4 is 5.32 Å². The Bertz CT molecular complexity index is 1140. The molecule has 1 unspecified atom stereocenters. The van der Waals surface area contributed by atoms with Gasteiger partial charge in [0.05, 0.1) is 11.0 Å². The predicted molar refractivity (Wildman–Crippen MR) is 129 cm³/mol. The van der Waals surface area contributed by atoms with E-state index < -0.39 is 11.0 Å². The quantitative estimate of drug-likeness (QED) is 0.315. The van der Waals surface area contributed by atoms with E-state index >= 15 is 0 Å². The van der Waals surface area contributed by atoms with Crippen molar-refractivity contribution in [3.63, 3.8) is 0 Å². The van der Waals surface area contributed by atoms with E-state index in [-0.39, 0.29) is 18.1 Å². The molecule has 1 aliphatic carbocycles. The number of benzene rings is 2. The topological polar surface area (TPSA) is 119 Å². The van der Waals surface area contributed by atoms with Gasteiger partial charge in [0.25, 0.3) is 5.69 Å². The Labute approximate surface area is 198 Å². The Morgan fingerprint density at radius 3 is 2.79 bits per heavy atom. The Kier molecular flexibility index (Phi) is 7.90. The van der Waals surface area contributed by atoms with Crippen LogP contribution in [0, 0.1) is 16.0 Å². The van der Waals surface area contributed by atoms with E-state index in [0.717, 1.165) is 17.5 Å². The summed E-state index contributed by atoms with van der Waals surface area (Å²) in [4.78, 5) is 27.2. The molecule has 1 heterocycles. The van der Waals surface area contributed by atoms with Crippen molar-refractivity contribution in [2.24, 2.45) is 5.92 Å². The number of carbonyl (C=O) groups is 1. The number of hydrogen-bond donors (Lipinski definition) is 2. The van der Waals surface area contributed by atoms with E-state index in [9.17, 15) is 20.0 Å². The number of nitro benzene ring substituents is 1. The van der Waals surface area contributed by atoms with E-state index in [0.29, 0.717) is 42.2 Å². The van der Waals surface area contributed by atoms with Crippen LogP contribution in [0.5, 0.6) is 0 Å². The molecule has 1 fully saturated rings. The number of amides is 1. The van der Waals surface area contributed by atoms with Gasteiger partial charge in [-0.25, -0.2) is 4.98 Å². The van der Waals surface area contributed by atoms with Crippen LogP contribution in [0.2, 0.25) is 0 Å². The highest BCUT2D eigenvalue weighted by Crippen LogP contribution is 2.30. The molecule has 1 atom stereocenters. The molecule has 8 nitrogen and oxygen atoms in total. The second-order valence-electron chi connectivity index (χ2n) is 9.12. The van der Waals surface area contributed by atoms with Gasteiger partial charge in [-0.3, -0.25) is 14.9 Å². The minimum atomic E-state index is -0.655. The first-order valence-electron chi connectivity index (χ1n) is 12.1. The van der Waals surface area contributed by atoms with Crippen LogP contribution in [0.15, 0.2) is 46.9 Å². The van der Waals surface area contributed by atoms with Crippen molar-refractivity contribution in [3.8, 4) is 11.5 Å². The van der Waals surface area contributed by atoms with Crippen molar-refractivity contribution in [1.82, 2.24) is 10.3 Å². The molecule has 1 saturated carbocycles. The van der Waals surface area contributed by atoms with Gasteiger partial charge in [-0.2, -0.15) is 0 Å². The molecule has 8 heteroatoms. The SMILES string of the molecule is O=C(CCC1CCCCC1)NCC(O)CCc1ccccc1-c1nc2cc([N+](=O)[O-])ccc2o1. The summed E-state index contributed by atoms with van der Waals surface area (Å²) in [5, 5.41) is 24.3. The zero-order valence-corrected chi connectivity index (χ0v) is 19.2. The van der Waals surface area contributed by atoms with Gasteiger partial charge >= 0.3 is 0 Å². The van der Waals surface area contributed by atoms with Gasteiger partial charge in [0.15, 0.2) is 5.58 Å². The number of nitrogens with zero attached hydrogens (tertiary/aromatic N) is 2. The number of non-ortho nitro benzene ring substituents is 1. The van der Waals surface area contributed by atoms with Gasteiger partial charge in [0, 0.05) is 30.7 Å². The summed E-state index contributed by atoms with van der Waals surface area (Å²) in [6.45, 7) is 0.234. The number of aryl methyl sites for hydroxylation is 1.